The first-order valence-electron chi connectivity index (χ1n) is 10.3. The maximum atomic E-state index is 13.4. The van der Waals surface area contributed by atoms with Gasteiger partial charge in [-0.3, -0.25) is 4.79 Å². The van der Waals surface area contributed by atoms with Crippen molar-refractivity contribution >= 4 is 33.0 Å². The van der Waals surface area contributed by atoms with Gasteiger partial charge < -0.3 is 15.5 Å². The topological polar surface area (TPSA) is 104 Å². The van der Waals surface area contributed by atoms with Crippen molar-refractivity contribution in [2.24, 2.45) is 11.8 Å². The Morgan fingerprint density at radius 2 is 1.67 bits per heavy atom. The van der Waals surface area contributed by atoms with Gasteiger partial charge in [0, 0.05) is 23.4 Å². The summed E-state index contributed by atoms with van der Waals surface area (Å²) in [5.41, 5.74) is -1.77. The van der Waals surface area contributed by atoms with Crippen LogP contribution < -0.4 is 5.32 Å². The quantitative estimate of drug-likeness (QED) is 0.540. The summed E-state index contributed by atoms with van der Waals surface area (Å²) in [4.78, 5) is 12.3. The molecule has 2 aromatic rings. The molecule has 33 heavy (non-hydrogen) atoms. The van der Waals surface area contributed by atoms with Crippen LogP contribution in [-0.4, -0.2) is 42.0 Å². The van der Waals surface area contributed by atoms with Crippen molar-refractivity contribution in [3.63, 3.8) is 0 Å². The van der Waals surface area contributed by atoms with E-state index in [-0.39, 0.29) is 45.8 Å². The lowest BCUT2D eigenvalue weighted by molar-refractivity contribution is -0.0943. The largest absolute Gasteiger partial charge is 0.393 e. The number of hydrogen-bond acceptors (Lipinski definition) is 5. The van der Waals surface area contributed by atoms with Crippen LogP contribution in [0.2, 0.25) is 5.02 Å². The normalized spacial score (nSPS) is 26.9. The predicted molar refractivity (Wildman–Crippen MR) is 114 cm³/mol. The molecule has 6 nitrogen and oxygen atoms in total. The van der Waals surface area contributed by atoms with E-state index in [4.69, 9.17) is 11.6 Å². The minimum atomic E-state index is -4.00. The molecule has 2 aliphatic carbocycles. The second-order valence-corrected chi connectivity index (χ2v) is 11.2. The standard InChI is InChI=1S/C22H21ClF3NO5S/c23-16-4-1-11(21(29)27-14-8-17(24)20(26)18(25)9-14)5-19(16)33(31,32)15-6-12-2-3-13(7-15)22(12,30)10-28/h1,4-5,8-9,12-13,15,28,30H,2-3,6-7,10H2,(H,27,29)/t12-,13?,15-,22+/m0/s1. The van der Waals surface area contributed by atoms with E-state index in [1.165, 1.54) is 12.1 Å². The molecular formula is C22H21ClF3NO5S. The molecule has 0 heterocycles. The molecular weight excluding hydrogens is 483 g/mol. The fraction of sp³-hybridized carbons (Fsp3) is 0.409. The molecule has 2 saturated carbocycles. The maximum absolute atomic E-state index is 13.4. The number of benzene rings is 2. The Labute approximate surface area is 193 Å². The molecule has 11 heteroatoms. The van der Waals surface area contributed by atoms with E-state index < -0.39 is 50.7 Å². The average Bonchev–Trinajstić information content (AvgIpc) is 2.93. The van der Waals surface area contributed by atoms with Crippen LogP contribution in [0.3, 0.4) is 0 Å². The van der Waals surface area contributed by atoms with Crippen LogP contribution in [0, 0.1) is 29.3 Å². The number of anilines is 1. The van der Waals surface area contributed by atoms with Gasteiger partial charge in [0.15, 0.2) is 27.3 Å². The Morgan fingerprint density at radius 3 is 2.21 bits per heavy atom. The first kappa shape index (κ1) is 24.0. The van der Waals surface area contributed by atoms with E-state index in [9.17, 15) is 36.6 Å². The van der Waals surface area contributed by atoms with Gasteiger partial charge >= 0.3 is 0 Å². The molecule has 1 unspecified atom stereocenters. The van der Waals surface area contributed by atoms with Gasteiger partial charge in [-0.25, -0.2) is 21.6 Å². The van der Waals surface area contributed by atoms with Crippen molar-refractivity contribution in [3.05, 3.63) is 58.4 Å². The lowest BCUT2D eigenvalue weighted by atomic mass is 9.75. The molecule has 4 rings (SSSR count). The van der Waals surface area contributed by atoms with Crippen LogP contribution in [-0.2, 0) is 9.84 Å². The number of carbonyl (C=O) groups is 1. The zero-order valence-electron chi connectivity index (χ0n) is 17.2. The van der Waals surface area contributed by atoms with Crippen molar-refractivity contribution in [1.82, 2.24) is 0 Å². The summed E-state index contributed by atoms with van der Waals surface area (Å²) in [5, 5.41) is 21.6. The third kappa shape index (κ3) is 4.14. The smallest absolute Gasteiger partial charge is 0.255 e. The molecule has 0 aliphatic heterocycles. The first-order chi connectivity index (χ1) is 15.5. The lowest BCUT2D eigenvalue weighted by Crippen LogP contribution is -2.50. The number of nitrogens with one attached hydrogen (secondary N) is 1. The van der Waals surface area contributed by atoms with Crippen LogP contribution in [0.5, 0.6) is 0 Å². The van der Waals surface area contributed by atoms with E-state index >= 15 is 0 Å². The van der Waals surface area contributed by atoms with E-state index in [0.717, 1.165) is 6.07 Å². The van der Waals surface area contributed by atoms with Crippen molar-refractivity contribution in [2.45, 2.75) is 41.4 Å². The molecule has 3 N–H and O–H groups in total. The number of aliphatic hydroxyl groups excluding tert-OH is 1. The van der Waals surface area contributed by atoms with Gasteiger partial charge in [-0.15, -0.1) is 0 Å². The van der Waals surface area contributed by atoms with Crippen molar-refractivity contribution in [3.8, 4) is 0 Å². The molecule has 0 aromatic heterocycles. The van der Waals surface area contributed by atoms with Gasteiger partial charge in [0.05, 0.1) is 27.4 Å². The first-order valence-corrected chi connectivity index (χ1v) is 12.2. The van der Waals surface area contributed by atoms with Gasteiger partial charge in [0.1, 0.15) is 0 Å². The fourth-order valence-corrected chi connectivity index (χ4v) is 7.40. The predicted octanol–water partition coefficient (Wildman–Crippen LogP) is 3.70. The van der Waals surface area contributed by atoms with Gasteiger partial charge in [0.2, 0.25) is 0 Å². The van der Waals surface area contributed by atoms with E-state index in [2.05, 4.69) is 5.32 Å². The Bertz CT molecular complexity index is 1190. The highest BCUT2D eigenvalue weighted by molar-refractivity contribution is 7.92. The highest BCUT2D eigenvalue weighted by atomic mass is 35.5. The van der Waals surface area contributed by atoms with Crippen LogP contribution in [0.4, 0.5) is 18.9 Å². The monoisotopic (exact) mass is 503 g/mol. The second-order valence-electron chi connectivity index (χ2n) is 8.61. The summed E-state index contributed by atoms with van der Waals surface area (Å²) in [6.45, 7) is -0.434. The Balaban J connectivity index is 1.60. The van der Waals surface area contributed by atoms with E-state index in [1.54, 1.807) is 0 Å². The molecule has 4 atom stereocenters. The molecule has 1 amide bonds. The van der Waals surface area contributed by atoms with Gasteiger partial charge in [0.25, 0.3) is 5.91 Å². The number of amides is 1. The van der Waals surface area contributed by atoms with Crippen molar-refractivity contribution in [2.75, 3.05) is 11.9 Å². The number of sulfone groups is 1. The lowest BCUT2D eigenvalue weighted by Gasteiger charge is -2.41. The van der Waals surface area contributed by atoms with Crippen LogP contribution >= 0.6 is 11.6 Å². The molecule has 0 spiro atoms. The zero-order chi connectivity index (χ0) is 24.1. The molecule has 2 fully saturated rings. The Kier molecular flexibility index (Phi) is 6.24. The number of aliphatic hydroxyl groups is 2. The van der Waals surface area contributed by atoms with Crippen LogP contribution in [0.15, 0.2) is 35.2 Å². The maximum Gasteiger partial charge on any atom is 0.255 e. The summed E-state index contributed by atoms with van der Waals surface area (Å²) in [5.74, 6) is -6.25. The molecule has 178 valence electrons. The van der Waals surface area contributed by atoms with Gasteiger partial charge in [-0.05, 0) is 55.7 Å². The minimum absolute atomic E-state index is 0.0965. The Hall–Kier alpha value is -2.14. The van der Waals surface area contributed by atoms with Crippen LogP contribution in [0.25, 0.3) is 0 Å². The average molecular weight is 504 g/mol. The third-order valence-corrected chi connectivity index (χ3v) is 9.46. The number of rotatable bonds is 5. The molecule has 2 bridgehead atoms. The minimum Gasteiger partial charge on any atom is -0.393 e. The Morgan fingerprint density at radius 1 is 1.09 bits per heavy atom. The van der Waals surface area contributed by atoms with Gasteiger partial charge in [-0.2, -0.15) is 0 Å². The summed E-state index contributed by atoms with van der Waals surface area (Å²) < 4.78 is 66.8. The van der Waals surface area contributed by atoms with Crippen LogP contribution in [0.1, 0.15) is 36.0 Å². The number of carbonyl (C=O) groups excluding carboxylic acids is 1. The highest BCUT2D eigenvalue weighted by Gasteiger charge is 2.55. The fourth-order valence-electron chi connectivity index (χ4n) is 5.00. The number of fused-ring (bicyclic) bond motifs is 2. The third-order valence-electron chi connectivity index (χ3n) is 6.81. The highest BCUT2D eigenvalue weighted by Crippen LogP contribution is 2.51. The SMILES string of the molecule is O=C(Nc1cc(F)c(F)c(F)c1)c1ccc(Cl)c(S(=O)(=O)[C@@H]2CC3CC[C@@H](C2)[C@]3(O)CO)c1. The van der Waals surface area contributed by atoms with E-state index in [0.29, 0.717) is 25.0 Å². The number of hydrogen-bond donors (Lipinski definition) is 3. The summed E-state index contributed by atoms with van der Waals surface area (Å²) in [6, 6.07) is 4.77. The molecule has 2 aliphatic rings. The van der Waals surface area contributed by atoms with Crippen molar-refractivity contribution < 1.29 is 36.6 Å². The second kappa shape index (κ2) is 8.57. The molecule has 0 radical (unpaired) electrons. The summed E-state index contributed by atoms with van der Waals surface area (Å²) >= 11 is 6.15. The summed E-state index contributed by atoms with van der Waals surface area (Å²) in [6.07, 6.45) is 1.51. The van der Waals surface area contributed by atoms with Gasteiger partial charge in [-0.1, -0.05) is 11.6 Å². The number of halogens is 4. The molecule has 2 aromatic carbocycles. The van der Waals surface area contributed by atoms with E-state index in [1.807, 2.05) is 0 Å². The zero-order valence-corrected chi connectivity index (χ0v) is 18.8. The molecule has 0 saturated heterocycles. The summed E-state index contributed by atoms with van der Waals surface area (Å²) in [7, 11) is -4.00. The van der Waals surface area contributed by atoms with Crippen molar-refractivity contribution in [1.29, 1.82) is 0 Å².